The maximum Gasteiger partial charge on any atom is 0.251 e. The van der Waals surface area contributed by atoms with E-state index < -0.39 is 6.10 Å². The monoisotopic (exact) mass is 325 g/mol. The zero-order valence-electron chi connectivity index (χ0n) is 13.4. The van der Waals surface area contributed by atoms with Crippen molar-refractivity contribution >= 4 is 12.0 Å². The van der Waals surface area contributed by atoms with Crippen molar-refractivity contribution in [1.29, 1.82) is 0 Å². The Morgan fingerprint density at radius 1 is 1.38 bits per heavy atom. The number of hydrogen-bond donors (Lipinski definition) is 1. The molecule has 2 heterocycles. The molecule has 124 valence electrons. The summed E-state index contributed by atoms with van der Waals surface area (Å²) in [5.74, 6) is 0.381. The second-order valence-electron chi connectivity index (χ2n) is 5.66. The van der Waals surface area contributed by atoms with Gasteiger partial charge in [-0.25, -0.2) is 4.98 Å². The minimum absolute atomic E-state index is 0.0813. The number of aromatic nitrogens is 2. The molecule has 1 amide bonds. The van der Waals surface area contributed by atoms with Crippen LogP contribution in [0.1, 0.15) is 23.2 Å². The molecule has 1 atom stereocenters. The van der Waals surface area contributed by atoms with Gasteiger partial charge >= 0.3 is 0 Å². The lowest BCUT2D eigenvalue weighted by atomic mass is 10.2. The molecule has 0 aliphatic carbocycles. The van der Waals surface area contributed by atoms with Crippen LogP contribution in [0, 0.1) is 6.92 Å². The molecule has 1 aromatic carbocycles. The third-order valence-electron chi connectivity index (χ3n) is 3.79. The van der Waals surface area contributed by atoms with Gasteiger partial charge in [-0.1, -0.05) is 30.3 Å². The van der Waals surface area contributed by atoms with Crippen molar-refractivity contribution in [3.63, 3.8) is 0 Å². The summed E-state index contributed by atoms with van der Waals surface area (Å²) in [6, 6.07) is 11.1. The minimum Gasteiger partial charge on any atom is -0.367 e. The van der Waals surface area contributed by atoms with Crippen molar-refractivity contribution in [3.8, 4) is 0 Å². The van der Waals surface area contributed by atoms with Gasteiger partial charge in [0.25, 0.3) is 5.56 Å². The fourth-order valence-electron chi connectivity index (χ4n) is 2.61. The number of morpholine rings is 1. The summed E-state index contributed by atoms with van der Waals surface area (Å²) in [5.41, 5.74) is 1.39. The molecule has 0 saturated carbocycles. The zero-order chi connectivity index (χ0) is 16.9. The lowest BCUT2D eigenvalue weighted by Crippen LogP contribution is -2.42. The van der Waals surface area contributed by atoms with Crippen molar-refractivity contribution in [3.05, 3.63) is 69.9 Å². The number of H-pyrrole nitrogens is 1. The quantitative estimate of drug-likeness (QED) is 0.872. The molecule has 3 rings (SSSR count). The molecular weight excluding hydrogens is 306 g/mol. The Morgan fingerprint density at radius 3 is 2.92 bits per heavy atom. The average molecular weight is 325 g/mol. The lowest BCUT2D eigenvalue weighted by Gasteiger charge is -2.31. The van der Waals surface area contributed by atoms with Gasteiger partial charge in [-0.2, -0.15) is 0 Å². The molecule has 0 radical (unpaired) electrons. The topological polar surface area (TPSA) is 75.3 Å². The summed E-state index contributed by atoms with van der Waals surface area (Å²) in [4.78, 5) is 32.7. The molecule has 1 N–H and O–H groups in total. The molecule has 1 aromatic heterocycles. The molecule has 0 bridgehead atoms. The fraction of sp³-hybridized carbons (Fsp3) is 0.278. The Labute approximate surface area is 139 Å². The van der Waals surface area contributed by atoms with Crippen LogP contribution in [0.25, 0.3) is 6.08 Å². The highest BCUT2D eigenvalue weighted by atomic mass is 16.5. The van der Waals surface area contributed by atoms with Gasteiger partial charge in [-0.15, -0.1) is 0 Å². The maximum absolute atomic E-state index is 12.4. The molecule has 6 heteroatoms. The van der Waals surface area contributed by atoms with Crippen LogP contribution in [0.5, 0.6) is 0 Å². The Bertz CT molecular complexity index is 799. The number of hydrogen-bond acceptors (Lipinski definition) is 4. The van der Waals surface area contributed by atoms with Crippen LogP contribution >= 0.6 is 0 Å². The van der Waals surface area contributed by atoms with E-state index in [2.05, 4.69) is 9.97 Å². The number of aryl methyl sites for hydroxylation is 1. The van der Waals surface area contributed by atoms with Gasteiger partial charge < -0.3 is 14.6 Å². The molecule has 1 unspecified atom stereocenters. The first-order chi connectivity index (χ1) is 11.6. The predicted molar refractivity (Wildman–Crippen MR) is 90.3 cm³/mol. The Kier molecular flexibility index (Phi) is 4.86. The van der Waals surface area contributed by atoms with E-state index in [9.17, 15) is 9.59 Å². The van der Waals surface area contributed by atoms with Gasteiger partial charge in [0.05, 0.1) is 13.2 Å². The summed E-state index contributed by atoms with van der Waals surface area (Å²) in [7, 11) is 0. The predicted octanol–water partition coefficient (Wildman–Crippen LogP) is 1.69. The fourth-order valence-corrected chi connectivity index (χ4v) is 2.61. The van der Waals surface area contributed by atoms with Crippen LogP contribution in [0.2, 0.25) is 0 Å². The molecular formula is C18H19N3O3. The highest BCUT2D eigenvalue weighted by Crippen LogP contribution is 2.19. The molecule has 6 nitrogen and oxygen atoms in total. The summed E-state index contributed by atoms with van der Waals surface area (Å²) in [6.07, 6.45) is 2.93. The van der Waals surface area contributed by atoms with Crippen molar-refractivity contribution in [2.75, 3.05) is 19.7 Å². The van der Waals surface area contributed by atoms with E-state index in [1.807, 2.05) is 30.3 Å². The van der Waals surface area contributed by atoms with Crippen molar-refractivity contribution < 1.29 is 9.53 Å². The molecule has 1 saturated heterocycles. The maximum atomic E-state index is 12.4. The van der Waals surface area contributed by atoms with Crippen molar-refractivity contribution in [2.45, 2.75) is 13.0 Å². The molecule has 0 spiro atoms. The van der Waals surface area contributed by atoms with Crippen LogP contribution in [-0.2, 0) is 9.53 Å². The smallest absolute Gasteiger partial charge is 0.251 e. The molecule has 1 aliphatic heterocycles. The molecule has 1 fully saturated rings. The van der Waals surface area contributed by atoms with E-state index in [0.29, 0.717) is 31.2 Å². The van der Waals surface area contributed by atoms with Gasteiger partial charge in [0.1, 0.15) is 11.9 Å². The Morgan fingerprint density at radius 2 is 2.17 bits per heavy atom. The van der Waals surface area contributed by atoms with Crippen LogP contribution in [-0.4, -0.2) is 40.5 Å². The second-order valence-corrected chi connectivity index (χ2v) is 5.66. The number of nitrogens with zero attached hydrogens (tertiary/aromatic N) is 2. The minimum atomic E-state index is -0.416. The number of rotatable bonds is 3. The van der Waals surface area contributed by atoms with Crippen LogP contribution in [0.15, 0.2) is 47.3 Å². The van der Waals surface area contributed by atoms with Gasteiger partial charge in [0.2, 0.25) is 5.91 Å². The highest BCUT2D eigenvalue weighted by Gasteiger charge is 2.26. The van der Waals surface area contributed by atoms with E-state index in [1.54, 1.807) is 24.0 Å². The normalized spacial score (nSPS) is 18.0. The number of benzene rings is 1. The van der Waals surface area contributed by atoms with Crippen LogP contribution < -0.4 is 5.56 Å². The number of nitrogens with one attached hydrogen (secondary N) is 1. The zero-order valence-corrected chi connectivity index (χ0v) is 13.4. The second kappa shape index (κ2) is 7.23. The number of amides is 1. The Hall–Kier alpha value is -2.73. The van der Waals surface area contributed by atoms with Gasteiger partial charge in [-0.3, -0.25) is 9.59 Å². The third-order valence-corrected chi connectivity index (χ3v) is 3.79. The van der Waals surface area contributed by atoms with Gasteiger partial charge in [-0.05, 0) is 18.6 Å². The van der Waals surface area contributed by atoms with E-state index in [1.165, 1.54) is 6.07 Å². The summed E-state index contributed by atoms with van der Waals surface area (Å²) >= 11 is 0. The van der Waals surface area contributed by atoms with E-state index >= 15 is 0 Å². The van der Waals surface area contributed by atoms with Gasteiger partial charge in [0.15, 0.2) is 0 Å². The third kappa shape index (κ3) is 3.97. The number of ether oxygens (including phenoxy) is 1. The number of carbonyl (C=O) groups excluding carboxylic acids is 1. The largest absolute Gasteiger partial charge is 0.367 e. The number of carbonyl (C=O) groups is 1. The highest BCUT2D eigenvalue weighted by molar-refractivity contribution is 5.91. The number of aromatic amines is 1. The SMILES string of the molecule is Cc1cc(=O)[nH]c(C2CN(C(=O)/C=C/c3ccccc3)CCO2)n1. The first-order valence-corrected chi connectivity index (χ1v) is 7.83. The molecule has 2 aromatic rings. The first-order valence-electron chi connectivity index (χ1n) is 7.83. The van der Waals surface area contributed by atoms with Crippen LogP contribution in [0.4, 0.5) is 0 Å². The average Bonchev–Trinajstić information content (AvgIpc) is 2.60. The molecule has 1 aliphatic rings. The van der Waals surface area contributed by atoms with E-state index in [-0.39, 0.29) is 11.5 Å². The Balaban J connectivity index is 1.70. The van der Waals surface area contributed by atoms with Crippen LogP contribution in [0.3, 0.4) is 0 Å². The van der Waals surface area contributed by atoms with E-state index in [0.717, 1.165) is 5.56 Å². The lowest BCUT2D eigenvalue weighted by molar-refractivity contribution is -0.134. The van der Waals surface area contributed by atoms with Crippen molar-refractivity contribution in [2.24, 2.45) is 0 Å². The van der Waals surface area contributed by atoms with Crippen molar-refractivity contribution in [1.82, 2.24) is 14.9 Å². The summed E-state index contributed by atoms with van der Waals surface area (Å²) < 4.78 is 5.67. The summed E-state index contributed by atoms with van der Waals surface area (Å²) in [6.45, 7) is 3.05. The summed E-state index contributed by atoms with van der Waals surface area (Å²) in [5, 5.41) is 0. The molecule has 24 heavy (non-hydrogen) atoms. The first kappa shape index (κ1) is 16.1. The standard InChI is InChI=1S/C18H19N3O3/c1-13-11-16(22)20-18(19-13)15-12-21(9-10-24-15)17(23)8-7-14-5-3-2-4-6-14/h2-8,11,15H,9-10,12H2,1H3,(H,19,20,22)/b8-7+. The van der Waals surface area contributed by atoms with E-state index in [4.69, 9.17) is 4.74 Å². The van der Waals surface area contributed by atoms with Gasteiger partial charge in [0, 0.05) is 24.4 Å².